The number of likely N-dealkylation sites (N-methyl/N-ethyl adjacent to an activating group) is 1. The van der Waals surface area contributed by atoms with Gasteiger partial charge in [0.05, 0.1) is 27.2 Å². The molecule has 0 aliphatic carbocycles. The number of esters is 1. The number of nitrogens with one attached hydrogen (secondary N) is 1. The fraction of sp³-hybridized carbons (Fsp3) is 0.438. The number of amides is 2. The summed E-state index contributed by atoms with van der Waals surface area (Å²) in [5.41, 5.74) is 0.630. The van der Waals surface area contributed by atoms with E-state index in [4.69, 9.17) is 14.2 Å². The number of hydrogen-bond acceptors (Lipinski definition) is 6. The molecule has 138 valence electrons. The molecular formula is C16H21BrN2O6. The third-order valence-electron chi connectivity index (χ3n) is 3.19. The van der Waals surface area contributed by atoms with E-state index in [-0.39, 0.29) is 18.9 Å². The molecule has 8 nitrogen and oxygen atoms in total. The number of hydrogen-bond donors (Lipinski definition) is 1. The minimum Gasteiger partial charge on any atom is -0.493 e. The second-order valence-corrected chi connectivity index (χ2v) is 6.06. The van der Waals surface area contributed by atoms with Crippen LogP contribution in [0.25, 0.3) is 0 Å². The maximum atomic E-state index is 11.9. The lowest BCUT2D eigenvalue weighted by Crippen LogP contribution is -2.38. The van der Waals surface area contributed by atoms with Crippen molar-refractivity contribution >= 4 is 33.7 Å². The molecule has 2 amide bonds. The molecule has 0 spiro atoms. The predicted molar refractivity (Wildman–Crippen MR) is 93.6 cm³/mol. The van der Waals surface area contributed by atoms with Crippen LogP contribution in [-0.4, -0.2) is 64.2 Å². The molecule has 0 saturated carbocycles. The van der Waals surface area contributed by atoms with Gasteiger partial charge in [0.25, 0.3) is 5.91 Å². The Morgan fingerprint density at radius 3 is 2.28 bits per heavy atom. The van der Waals surface area contributed by atoms with E-state index < -0.39 is 18.5 Å². The van der Waals surface area contributed by atoms with Crippen molar-refractivity contribution < 1.29 is 28.6 Å². The highest BCUT2D eigenvalue weighted by Crippen LogP contribution is 2.33. The quantitative estimate of drug-likeness (QED) is 0.628. The Balaban J connectivity index is 2.54. The molecule has 1 rings (SSSR count). The van der Waals surface area contributed by atoms with Crippen LogP contribution in [0.4, 0.5) is 0 Å². The molecule has 0 heterocycles. The first-order chi connectivity index (χ1) is 11.8. The van der Waals surface area contributed by atoms with Crippen LogP contribution in [0.1, 0.15) is 5.56 Å². The molecule has 0 saturated heterocycles. The van der Waals surface area contributed by atoms with Crippen LogP contribution >= 0.6 is 15.9 Å². The minimum absolute atomic E-state index is 0.0507. The van der Waals surface area contributed by atoms with Gasteiger partial charge in [0, 0.05) is 18.6 Å². The van der Waals surface area contributed by atoms with Crippen LogP contribution in [0.2, 0.25) is 0 Å². The van der Waals surface area contributed by atoms with Crippen LogP contribution < -0.4 is 14.8 Å². The molecule has 0 aromatic heterocycles. The molecule has 0 bridgehead atoms. The van der Waals surface area contributed by atoms with Crippen LogP contribution in [-0.2, 0) is 25.5 Å². The van der Waals surface area contributed by atoms with Crippen molar-refractivity contribution in [1.82, 2.24) is 10.2 Å². The van der Waals surface area contributed by atoms with Gasteiger partial charge in [-0.05, 0) is 17.7 Å². The normalized spacial score (nSPS) is 9.96. The fourth-order valence-corrected chi connectivity index (χ4v) is 2.23. The van der Waals surface area contributed by atoms with Gasteiger partial charge >= 0.3 is 5.97 Å². The van der Waals surface area contributed by atoms with E-state index >= 15 is 0 Å². The largest absolute Gasteiger partial charge is 0.493 e. The first-order valence-corrected chi connectivity index (χ1v) is 8.10. The molecule has 9 heteroatoms. The van der Waals surface area contributed by atoms with Crippen molar-refractivity contribution in [3.05, 3.63) is 22.2 Å². The Morgan fingerprint density at radius 2 is 1.72 bits per heavy atom. The van der Waals surface area contributed by atoms with Crippen molar-refractivity contribution in [2.24, 2.45) is 0 Å². The van der Waals surface area contributed by atoms with E-state index in [0.29, 0.717) is 21.5 Å². The summed E-state index contributed by atoms with van der Waals surface area (Å²) >= 11 is 3.35. The second-order valence-electron chi connectivity index (χ2n) is 5.20. The lowest BCUT2D eigenvalue weighted by molar-refractivity contribution is -0.148. The monoisotopic (exact) mass is 416 g/mol. The maximum absolute atomic E-state index is 11.9. The lowest BCUT2D eigenvalue weighted by atomic mass is 10.1. The van der Waals surface area contributed by atoms with Gasteiger partial charge in [-0.2, -0.15) is 0 Å². The SMILES string of the molecule is COc1cc(Br)c(CC(=O)OCC(=O)NCC(=O)N(C)C)cc1OC. The number of methoxy groups -OCH3 is 2. The summed E-state index contributed by atoms with van der Waals surface area (Å²) in [6, 6.07) is 3.33. The second kappa shape index (κ2) is 9.87. The van der Waals surface area contributed by atoms with E-state index in [9.17, 15) is 14.4 Å². The molecule has 1 aromatic rings. The molecule has 1 aromatic carbocycles. The van der Waals surface area contributed by atoms with E-state index in [2.05, 4.69) is 21.2 Å². The smallest absolute Gasteiger partial charge is 0.310 e. The highest BCUT2D eigenvalue weighted by Gasteiger charge is 2.15. The standard InChI is InChI=1S/C16H21BrN2O6/c1-19(2)15(21)8-18-14(20)9-25-16(22)6-10-5-12(23-3)13(24-4)7-11(10)17/h5,7H,6,8-9H2,1-4H3,(H,18,20). The number of ether oxygens (including phenoxy) is 3. The lowest BCUT2D eigenvalue weighted by Gasteiger charge is -2.12. The fourth-order valence-electron chi connectivity index (χ4n) is 1.77. The average Bonchev–Trinajstić information content (AvgIpc) is 2.58. The maximum Gasteiger partial charge on any atom is 0.310 e. The molecule has 0 aliphatic heterocycles. The van der Waals surface area contributed by atoms with E-state index in [1.807, 2.05) is 0 Å². The minimum atomic E-state index is -0.581. The highest BCUT2D eigenvalue weighted by molar-refractivity contribution is 9.10. The zero-order valence-electron chi connectivity index (χ0n) is 14.6. The summed E-state index contributed by atoms with van der Waals surface area (Å²) in [6.07, 6.45) is -0.0507. The summed E-state index contributed by atoms with van der Waals surface area (Å²) < 4.78 is 15.9. The molecule has 0 atom stereocenters. The van der Waals surface area contributed by atoms with Crippen LogP contribution in [0, 0.1) is 0 Å². The molecule has 25 heavy (non-hydrogen) atoms. The van der Waals surface area contributed by atoms with Crippen LogP contribution in [0.3, 0.4) is 0 Å². The van der Waals surface area contributed by atoms with Gasteiger partial charge < -0.3 is 24.4 Å². The average molecular weight is 417 g/mol. The first-order valence-electron chi connectivity index (χ1n) is 7.31. The van der Waals surface area contributed by atoms with Gasteiger partial charge in [-0.3, -0.25) is 14.4 Å². The van der Waals surface area contributed by atoms with Crippen molar-refractivity contribution in [3.63, 3.8) is 0 Å². The summed E-state index contributed by atoms with van der Waals surface area (Å²) in [7, 11) is 6.16. The Labute approximate surface area is 154 Å². The molecule has 0 unspecified atom stereocenters. The van der Waals surface area contributed by atoms with Gasteiger partial charge in [-0.25, -0.2) is 0 Å². The Bertz CT molecular complexity index is 648. The molecular weight excluding hydrogens is 396 g/mol. The van der Waals surface area contributed by atoms with Crippen molar-refractivity contribution in [1.29, 1.82) is 0 Å². The Morgan fingerprint density at radius 1 is 1.12 bits per heavy atom. The van der Waals surface area contributed by atoms with Gasteiger partial charge in [0.2, 0.25) is 5.91 Å². The predicted octanol–water partition coefficient (Wildman–Crippen LogP) is 0.756. The van der Waals surface area contributed by atoms with Gasteiger partial charge in [-0.15, -0.1) is 0 Å². The summed E-state index contributed by atoms with van der Waals surface area (Å²) in [6.45, 7) is -0.602. The van der Waals surface area contributed by atoms with Crippen LogP contribution in [0.15, 0.2) is 16.6 Å². The third-order valence-corrected chi connectivity index (χ3v) is 3.93. The van der Waals surface area contributed by atoms with Crippen molar-refractivity contribution in [2.75, 3.05) is 41.5 Å². The van der Waals surface area contributed by atoms with Gasteiger partial charge in [0.1, 0.15) is 0 Å². The number of benzene rings is 1. The first kappa shape index (κ1) is 20.8. The summed E-state index contributed by atoms with van der Waals surface area (Å²) in [4.78, 5) is 36.2. The zero-order valence-corrected chi connectivity index (χ0v) is 16.1. The molecule has 1 N–H and O–H groups in total. The number of halogens is 1. The number of carbonyl (C=O) groups is 3. The number of nitrogens with zero attached hydrogens (tertiary/aromatic N) is 1. The topological polar surface area (TPSA) is 94.2 Å². The van der Waals surface area contributed by atoms with Gasteiger partial charge in [-0.1, -0.05) is 15.9 Å². The van der Waals surface area contributed by atoms with E-state index in [1.54, 1.807) is 26.2 Å². The van der Waals surface area contributed by atoms with Crippen molar-refractivity contribution in [2.45, 2.75) is 6.42 Å². The number of rotatable bonds is 8. The molecule has 0 aliphatic rings. The van der Waals surface area contributed by atoms with Crippen molar-refractivity contribution in [3.8, 4) is 11.5 Å². The summed E-state index contributed by atoms with van der Waals surface area (Å²) in [5, 5.41) is 2.37. The zero-order chi connectivity index (χ0) is 19.0. The molecule has 0 fully saturated rings. The van der Waals surface area contributed by atoms with Crippen LogP contribution in [0.5, 0.6) is 11.5 Å². The highest BCUT2D eigenvalue weighted by atomic mass is 79.9. The van der Waals surface area contributed by atoms with Gasteiger partial charge in [0.15, 0.2) is 18.1 Å². The number of carbonyl (C=O) groups excluding carboxylic acids is 3. The molecule has 0 radical (unpaired) electrons. The third kappa shape index (κ3) is 6.61. The van der Waals surface area contributed by atoms with E-state index in [1.165, 1.54) is 19.1 Å². The Hall–Kier alpha value is -2.29. The summed E-state index contributed by atoms with van der Waals surface area (Å²) in [5.74, 6) is -0.379. The van der Waals surface area contributed by atoms with E-state index in [0.717, 1.165) is 0 Å². The Kier molecular flexibility index (Phi) is 8.20.